The number of nitrogens with one attached hydrogen (secondary N) is 3. The highest BCUT2D eigenvalue weighted by Gasteiger charge is 2.34. The van der Waals surface area contributed by atoms with Crippen molar-refractivity contribution in [3.63, 3.8) is 0 Å². The molecule has 3 N–H and O–H groups in total. The molecule has 1 saturated carbocycles. The molecule has 4 aromatic rings. The van der Waals surface area contributed by atoms with Crippen molar-refractivity contribution in [2.75, 3.05) is 5.32 Å². The van der Waals surface area contributed by atoms with Crippen LogP contribution in [0.1, 0.15) is 49.3 Å². The Labute approximate surface area is 198 Å². The summed E-state index contributed by atoms with van der Waals surface area (Å²) in [5.74, 6) is 0.649. The molecule has 0 amide bonds. The van der Waals surface area contributed by atoms with Crippen LogP contribution in [0.25, 0.3) is 0 Å². The first-order chi connectivity index (χ1) is 16.6. The maximum absolute atomic E-state index is 14.7. The van der Waals surface area contributed by atoms with Crippen LogP contribution in [0.3, 0.4) is 0 Å². The Hall–Kier alpha value is -3.66. The number of pyridine rings is 1. The van der Waals surface area contributed by atoms with Gasteiger partial charge in [-0.1, -0.05) is 23.7 Å². The van der Waals surface area contributed by atoms with E-state index < -0.39 is 17.7 Å². The molecule has 1 fully saturated rings. The van der Waals surface area contributed by atoms with Gasteiger partial charge >= 0.3 is 5.76 Å². The number of ether oxygens (including phenoxy) is 1. The molecule has 34 heavy (non-hydrogen) atoms. The molecule has 1 aliphatic rings. The number of halogens is 2. The Bertz CT molecular complexity index is 1300. The lowest BCUT2D eigenvalue weighted by atomic mass is 9.78. The van der Waals surface area contributed by atoms with E-state index >= 15 is 0 Å². The van der Waals surface area contributed by atoms with E-state index in [1.54, 1.807) is 24.4 Å². The first kappa shape index (κ1) is 22.1. The van der Waals surface area contributed by atoms with Gasteiger partial charge in [0.2, 0.25) is 5.89 Å². The van der Waals surface area contributed by atoms with Gasteiger partial charge in [-0.05, 0) is 49.9 Å². The maximum atomic E-state index is 14.7. The Morgan fingerprint density at radius 1 is 1.09 bits per heavy atom. The van der Waals surface area contributed by atoms with Crippen LogP contribution in [0, 0.1) is 11.7 Å². The van der Waals surface area contributed by atoms with Crippen molar-refractivity contribution < 1.29 is 13.5 Å². The quantitative estimate of drug-likeness (QED) is 0.333. The minimum Gasteiger partial charge on any atom is -0.481 e. The lowest BCUT2D eigenvalue weighted by Crippen LogP contribution is -2.25. The van der Waals surface area contributed by atoms with Crippen molar-refractivity contribution in [1.29, 1.82) is 0 Å². The van der Waals surface area contributed by atoms with E-state index in [1.165, 1.54) is 6.07 Å². The van der Waals surface area contributed by atoms with Gasteiger partial charge in [-0.2, -0.15) is 5.10 Å². The number of benzene rings is 1. The van der Waals surface area contributed by atoms with Crippen LogP contribution in [0.4, 0.5) is 16.0 Å². The Morgan fingerprint density at radius 3 is 2.65 bits per heavy atom. The molecule has 1 aliphatic carbocycles. The first-order valence-electron chi connectivity index (χ1n) is 11.0. The highest BCUT2D eigenvalue weighted by molar-refractivity contribution is 6.30. The molecule has 0 radical (unpaired) electrons. The Kier molecular flexibility index (Phi) is 6.31. The summed E-state index contributed by atoms with van der Waals surface area (Å²) in [6.45, 7) is 0. The molecule has 1 unspecified atom stereocenters. The summed E-state index contributed by atoms with van der Waals surface area (Å²) in [7, 11) is 0. The molecule has 1 atom stereocenters. The number of hydrogen-bond acceptors (Lipinski definition) is 7. The van der Waals surface area contributed by atoms with Gasteiger partial charge in [0.15, 0.2) is 17.4 Å². The summed E-state index contributed by atoms with van der Waals surface area (Å²) in [5, 5.41) is 16.3. The van der Waals surface area contributed by atoms with E-state index in [4.69, 9.17) is 25.7 Å². The Balaban J connectivity index is 1.41. The highest BCUT2D eigenvalue weighted by Crippen LogP contribution is 2.42. The molecule has 9 nitrogen and oxygen atoms in total. The second-order valence-electron chi connectivity index (χ2n) is 8.19. The van der Waals surface area contributed by atoms with E-state index in [-0.39, 0.29) is 22.6 Å². The van der Waals surface area contributed by atoms with Gasteiger partial charge in [0.25, 0.3) is 0 Å². The van der Waals surface area contributed by atoms with E-state index in [0.717, 1.165) is 25.7 Å². The summed E-state index contributed by atoms with van der Waals surface area (Å²) >= 11 is 5.99. The number of aromatic nitrogens is 5. The molecule has 0 saturated heterocycles. The number of nitrogens with zero attached hydrogens (tertiary/aromatic N) is 3. The first-order valence-corrected chi connectivity index (χ1v) is 11.3. The summed E-state index contributed by atoms with van der Waals surface area (Å²) in [6, 6.07) is 12.0. The van der Waals surface area contributed by atoms with Crippen molar-refractivity contribution in [2.45, 2.75) is 37.7 Å². The van der Waals surface area contributed by atoms with Gasteiger partial charge in [-0.3, -0.25) is 5.10 Å². The normalized spacial score (nSPS) is 19.0. The van der Waals surface area contributed by atoms with Crippen molar-refractivity contribution in [2.24, 2.45) is 5.92 Å². The molecule has 176 valence electrons. The zero-order chi connectivity index (χ0) is 23.5. The molecule has 11 heteroatoms. The minimum atomic E-state index is -0.605. The van der Waals surface area contributed by atoms with Crippen LogP contribution in [-0.4, -0.2) is 25.4 Å². The smallest absolute Gasteiger partial charge is 0.434 e. The highest BCUT2D eigenvalue weighted by atomic mass is 35.5. The molecular formula is C23H22ClFN6O3. The van der Waals surface area contributed by atoms with Gasteiger partial charge in [0.1, 0.15) is 11.9 Å². The van der Waals surface area contributed by atoms with E-state index in [1.807, 2.05) is 18.2 Å². The lowest BCUT2D eigenvalue weighted by Gasteiger charge is -2.33. The van der Waals surface area contributed by atoms with Crippen LogP contribution in [-0.2, 0) is 0 Å². The molecule has 0 spiro atoms. The molecule has 3 heterocycles. The van der Waals surface area contributed by atoms with Crippen molar-refractivity contribution in [3.05, 3.63) is 81.6 Å². The van der Waals surface area contributed by atoms with Gasteiger partial charge in [0, 0.05) is 24.1 Å². The third kappa shape index (κ3) is 4.81. The van der Waals surface area contributed by atoms with Crippen LogP contribution in [0.2, 0.25) is 5.02 Å². The van der Waals surface area contributed by atoms with Crippen LogP contribution < -0.4 is 15.8 Å². The molecular weight excluding hydrogens is 463 g/mol. The fraction of sp³-hybridized carbons (Fsp3) is 0.304. The molecule has 3 aromatic heterocycles. The molecule has 5 rings (SSSR count). The van der Waals surface area contributed by atoms with Crippen LogP contribution in [0.15, 0.2) is 57.9 Å². The fourth-order valence-corrected chi connectivity index (χ4v) is 4.50. The van der Waals surface area contributed by atoms with Gasteiger partial charge < -0.3 is 14.5 Å². The third-order valence-corrected chi connectivity index (χ3v) is 6.28. The molecule has 0 aliphatic heterocycles. The van der Waals surface area contributed by atoms with E-state index in [2.05, 4.69) is 25.7 Å². The second-order valence-corrected chi connectivity index (χ2v) is 8.59. The summed E-state index contributed by atoms with van der Waals surface area (Å²) in [5.41, 5.74) is 0.662. The zero-order valence-electron chi connectivity index (χ0n) is 18.0. The monoisotopic (exact) mass is 484 g/mol. The van der Waals surface area contributed by atoms with Crippen molar-refractivity contribution >= 4 is 23.2 Å². The maximum Gasteiger partial charge on any atom is 0.434 e. The third-order valence-electron chi connectivity index (χ3n) is 5.99. The molecule has 1 aromatic carbocycles. The predicted molar refractivity (Wildman–Crippen MR) is 123 cm³/mol. The van der Waals surface area contributed by atoms with E-state index in [9.17, 15) is 9.18 Å². The molecule has 0 bridgehead atoms. The van der Waals surface area contributed by atoms with Gasteiger partial charge in [-0.25, -0.2) is 19.3 Å². The van der Waals surface area contributed by atoms with Gasteiger partial charge in [-0.15, -0.1) is 5.10 Å². The predicted octanol–water partition coefficient (Wildman–Crippen LogP) is 5.11. The number of aromatic amines is 2. The lowest BCUT2D eigenvalue weighted by molar-refractivity contribution is 0.0929. The summed E-state index contributed by atoms with van der Waals surface area (Å²) in [4.78, 5) is 16.1. The zero-order valence-corrected chi connectivity index (χ0v) is 18.8. The SMILES string of the molecule is O=c1[nH]nc(C2CCC(C(Oc3cccc(Cl)c3F)c3cccc(Nc4cc[nH]n4)n3)CC2)o1. The average Bonchev–Trinajstić information content (AvgIpc) is 3.52. The Morgan fingerprint density at radius 2 is 1.91 bits per heavy atom. The summed E-state index contributed by atoms with van der Waals surface area (Å²) in [6.07, 6.45) is 4.21. The number of hydrogen-bond donors (Lipinski definition) is 3. The number of H-pyrrole nitrogens is 2. The standard InChI is InChI=1S/C23H22ClFN6O3/c24-15-3-1-5-17(20(15)25)33-21(13-7-9-14(10-8-13)22-30-31-23(32)34-22)16-4-2-6-18(27-16)28-19-11-12-26-29-19/h1-6,11-14,21H,7-10H2,(H,31,32)(H2,26,27,28,29). The van der Waals surface area contributed by atoms with E-state index in [0.29, 0.717) is 23.2 Å². The van der Waals surface area contributed by atoms with Crippen molar-refractivity contribution in [1.82, 2.24) is 25.4 Å². The largest absolute Gasteiger partial charge is 0.481 e. The van der Waals surface area contributed by atoms with Crippen LogP contribution >= 0.6 is 11.6 Å². The number of rotatable bonds is 7. The van der Waals surface area contributed by atoms with Crippen molar-refractivity contribution in [3.8, 4) is 5.75 Å². The van der Waals surface area contributed by atoms with Crippen LogP contribution in [0.5, 0.6) is 5.75 Å². The number of anilines is 2. The minimum absolute atomic E-state index is 0.00423. The van der Waals surface area contributed by atoms with Gasteiger partial charge in [0.05, 0.1) is 10.7 Å². The topological polar surface area (TPSA) is 122 Å². The summed E-state index contributed by atoms with van der Waals surface area (Å²) < 4.78 is 26.1. The second kappa shape index (κ2) is 9.68. The fourth-order valence-electron chi connectivity index (χ4n) is 4.34. The average molecular weight is 485 g/mol.